The highest BCUT2D eigenvalue weighted by molar-refractivity contribution is 5.92. The Hall–Kier alpha value is -1.97. The van der Waals surface area contributed by atoms with Crippen LogP contribution in [0.2, 0.25) is 0 Å². The van der Waals surface area contributed by atoms with Gasteiger partial charge in [-0.3, -0.25) is 4.79 Å². The van der Waals surface area contributed by atoms with Crippen molar-refractivity contribution in [1.82, 2.24) is 10.3 Å². The molecule has 0 radical (unpaired) electrons. The lowest BCUT2D eigenvalue weighted by atomic mass is 9.83. The van der Waals surface area contributed by atoms with E-state index in [9.17, 15) is 4.79 Å². The molecule has 0 saturated heterocycles. The molecule has 1 aromatic heterocycles. The first-order valence-corrected chi connectivity index (χ1v) is 6.20. The minimum Gasteiger partial charge on any atom is -0.376 e. The quantitative estimate of drug-likeness (QED) is 0.804. The molecule has 1 aliphatic carbocycles. The van der Waals surface area contributed by atoms with Crippen molar-refractivity contribution >= 4 is 5.91 Å². The predicted molar refractivity (Wildman–Crippen MR) is 68.2 cm³/mol. The zero-order chi connectivity index (χ0) is 13.8. The molecule has 1 amide bonds. The Kier molecular flexibility index (Phi) is 4.10. The molecule has 3 N–H and O–H groups in total. The smallest absolute Gasteiger partial charge is 0.270 e. The van der Waals surface area contributed by atoms with E-state index in [1.807, 2.05) is 13.0 Å². The number of carbonyl (C=O) groups is 1. The number of hydrogen-bond acceptors (Lipinski definition) is 5. The van der Waals surface area contributed by atoms with Gasteiger partial charge in [0.2, 0.25) is 0 Å². The maximum Gasteiger partial charge on any atom is 0.270 e. The summed E-state index contributed by atoms with van der Waals surface area (Å²) < 4.78 is 5.48. The molecule has 2 rings (SSSR count). The molecule has 6 nitrogen and oxygen atoms in total. The number of ether oxygens (including phenoxy) is 1. The first kappa shape index (κ1) is 13.5. The van der Waals surface area contributed by atoms with E-state index >= 15 is 0 Å². The summed E-state index contributed by atoms with van der Waals surface area (Å²) in [5, 5.41) is 11.5. The molecule has 0 spiro atoms. The average molecular weight is 260 g/mol. The summed E-state index contributed by atoms with van der Waals surface area (Å²) >= 11 is 0. The SMILES string of the molecule is CCOC1CC(N)C1NC(=O)c1ccc(C#N)cn1. The lowest BCUT2D eigenvalue weighted by molar-refractivity contribution is -0.0300. The van der Waals surface area contributed by atoms with E-state index in [4.69, 9.17) is 15.7 Å². The Morgan fingerprint density at radius 2 is 2.47 bits per heavy atom. The monoisotopic (exact) mass is 260 g/mol. The third-order valence-corrected chi connectivity index (χ3v) is 3.17. The van der Waals surface area contributed by atoms with Crippen LogP contribution in [0.1, 0.15) is 29.4 Å². The third-order valence-electron chi connectivity index (χ3n) is 3.17. The molecular formula is C13H16N4O2. The van der Waals surface area contributed by atoms with Crippen LogP contribution in [-0.2, 0) is 4.74 Å². The number of nitrogens with two attached hydrogens (primary N) is 1. The van der Waals surface area contributed by atoms with Gasteiger partial charge in [0.25, 0.3) is 5.91 Å². The summed E-state index contributed by atoms with van der Waals surface area (Å²) in [5.41, 5.74) is 6.55. The fraction of sp³-hybridized carbons (Fsp3) is 0.462. The van der Waals surface area contributed by atoms with Crippen molar-refractivity contribution in [2.75, 3.05) is 6.61 Å². The Morgan fingerprint density at radius 3 is 3.00 bits per heavy atom. The van der Waals surface area contributed by atoms with Gasteiger partial charge in [-0.05, 0) is 25.5 Å². The average Bonchev–Trinajstić information content (AvgIpc) is 2.44. The van der Waals surface area contributed by atoms with Crippen LogP contribution in [0.15, 0.2) is 18.3 Å². The number of carbonyl (C=O) groups excluding carboxylic acids is 1. The zero-order valence-corrected chi connectivity index (χ0v) is 10.7. The number of hydrogen-bond donors (Lipinski definition) is 2. The lowest BCUT2D eigenvalue weighted by Gasteiger charge is -2.42. The van der Waals surface area contributed by atoms with Crippen molar-refractivity contribution < 1.29 is 9.53 Å². The fourth-order valence-electron chi connectivity index (χ4n) is 2.05. The first-order valence-electron chi connectivity index (χ1n) is 6.20. The molecule has 3 atom stereocenters. The number of nitrogens with one attached hydrogen (secondary N) is 1. The van der Waals surface area contributed by atoms with Gasteiger partial charge in [0.15, 0.2) is 0 Å². The van der Waals surface area contributed by atoms with Gasteiger partial charge in [-0.2, -0.15) is 5.26 Å². The summed E-state index contributed by atoms with van der Waals surface area (Å²) in [4.78, 5) is 15.9. The van der Waals surface area contributed by atoms with Crippen LogP contribution in [0.4, 0.5) is 0 Å². The van der Waals surface area contributed by atoms with Crippen molar-refractivity contribution in [2.45, 2.75) is 31.5 Å². The van der Waals surface area contributed by atoms with E-state index in [0.29, 0.717) is 12.2 Å². The van der Waals surface area contributed by atoms with E-state index in [-0.39, 0.29) is 29.8 Å². The van der Waals surface area contributed by atoms with Crippen molar-refractivity contribution in [2.24, 2.45) is 5.73 Å². The predicted octanol–water partition coefficient (Wildman–Crippen LogP) is 0.188. The summed E-state index contributed by atoms with van der Waals surface area (Å²) in [5.74, 6) is -0.297. The van der Waals surface area contributed by atoms with Crippen LogP contribution in [0.3, 0.4) is 0 Å². The number of aromatic nitrogens is 1. The summed E-state index contributed by atoms with van der Waals surface area (Å²) in [6.45, 7) is 2.50. The van der Waals surface area contributed by atoms with Gasteiger partial charge < -0.3 is 15.8 Å². The van der Waals surface area contributed by atoms with Gasteiger partial charge in [-0.1, -0.05) is 0 Å². The molecule has 19 heavy (non-hydrogen) atoms. The molecule has 0 bridgehead atoms. The Bertz CT molecular complexity index is 492. The van der Waals surface area contributed by atoms with Crippen LogP contribution in [0.25, 0.3) is 0 Å². The number of rotatable bonds is 4. The van der Waals surface area contributed by atoms with Crippen LogP contribution in [0.5, 0.6) is 0 Å². The highest BCUT2D eigenvalue weighted by atomic mass is 16.5. The van der Waals surface area contributed by atoms with Crippen LogP contribution >= 0.6 is 0 Å². The molecular weight excluding hydrogens is 244 g/mol. The van der Waals surface area contributed by atoms with Crippen molar-refractivity contribution in [3.05, 3.63) is 29.6 Å². The molecule has 1 aromatic rings. The second-order valence-electron chi connectivity index (χ2n) is 4.44. The standard InChI is InChI=1S/C13H16N4O2/c1-2-19-11-5-9(15)12(11)17-13(18)10-4-3-8(6-14)7-16-10/h3-4,7,9,11-12H,2,5,15H2,1H3,(H,17,18). The normalized spacial score (nSPS) is 25.2. The van der Waals surface area contributed by atoms with Crippen molar-refractivity contribution in [1.29, 1.82) is 5.26 Å². The van der Waals surface area contributed by atoms with E-state index in [1.165, 1.54) is 12.3 Å². The van der Waals surface area contributed by atoms with Gasteiger partial charge in [0, 0.05) is 18.8 Å². The molecule has 1 heterocycles. The number of pyridine rings is 1. The number of nitrogens with zero attached hydrogens (tertiary/aromatic N) is 2. The Balaban J connectivity index is 1.98. The maximum atomic E-state index is 12.0. The molecule has 6 heteroatoms. The zero-order valence-electron chi connectivity index (χ0n) is 10.7. The molecule has 1 aliphatic rings. The molecule has 1 saturated carbocycles. The molecule has 3 unspecified atom stereocenters. The Morgan fingerprint density at radius 1 is 1.68 bits per heavy atom. The van der Waals surface area contributed by atoms with Crippen LogP contribution < -0.4 is 11.1 Å². The van der Waals surface area contributed by atoms with Gasteiger partial charge in [0.1, 0.15) is 11.8 Å². The van der Waals surface area contributed by atoms with E-state index in [0.717, 1.165) is 6.42 Å². The van der Waals surface area contributed by atoms with Gasteiger partial charge in [-0.25, -0.2) is 4.98 Å². The molecule has 0 aliphatic heterocycles. The molecule has 0 aromatic carbocycles. The second kappa shape index (κ2) is 5.78. The third kappa shape index (κ3) is 2.89. The summed E-state index contributed by atoms with van der Waals surface area (Å²) in [6.07, 6.45) is 2.09. The topological polar surface area (TPSA) is 101 Å². The summed E-state index contributed by atoms with van der Waals surface area (Å²) in [7, 11) is 0. The number of amides is 1. The highest BCUT2D eigenvalue weighted by Crippen LogP contribution is 2.22. The van der Waals surface area contributed by atoms with Crippen LogP contribution in [0, 0.1) is 11.3 Å². The second-order valence-corrected chi connectivity index (χ2v) is 4.44. The minimum absolute atomic E-state index is 0.0256. The number of nitriles is 1. The molecule has 1 fully saturated rings. The molecule has 100 valence electrons. The van der Waals surface area contributed by atoms with E-state index in [2.05, 4.69) is 10.3 Å². The van der Waals surface area contributed by atoms with E-state index < -0.39 is 0 Å². The summed E-state index contributed by atoms with van der Waals surface area (Å²) in [6, 6.07) is 4.77. The van der Waals surface area contributed by atoms with Gasteiger partial charge in [0.05, 0.1) is 17.7 Å². The largest absolute Gasteiger partial charge is 0.376 e. The van der Waals surface area contributed by atoms with E-state index in [1.54, 1.807) is 6.07 Å². The van der Waals surface area contributed by atoms with Crippen molar-refractivity contribution in [3.63, 3.8) is 0 Å². The first-order chi connectivity index (χ1) is 9.15. The van der Waals surface area contributed by atoms with Gasteiger partial charge in [-0.15, -0.1) is 0 Å². The van der Waals surface area contributed by atoms with Crippen LogP contribution in [-0.4, -0.2) is 35.7 Å². The maximum absolute atomic E-state index is 12.0. The minimum atomic E-state index is -0.297. The lowest BCUT2D eigenvalue weighted by Crippen LogP contribution is -2.64. The van der Waals surface area contributed by atoms with Crippen molar-refractivity contribution in [3.8, 4) is 6.07 Å². The van der Waals surface area contributed by atoms with Gasteiger partial charge >= 0.3 is 0 Å². The highest BCUT2D eigenvalue weighted by Gasteiger charge is 2.40. The Labute approximate surface area is 111 Å². The fourth-order valence-corrected chi connectivity index (χ4v) is 2.05.